The van der Waals surface area contributed by atoms with Gasteiger partial charge in [-0.05, 0) is 67.5 Å². The van der Waals surface area contributed by atoms with Crippen molar-refractivity contribution in [2.75, 3.05) is 6.54 Å². The number of nitrogens with zero attached hydrogens (tertiary/aromatic N) is 2. The quantitative estimate of drug-likeness (QED) is 0.835. The molecule has 2 aliphatic heterocycles. The molecule has 0 aliphatic carbocycles. The first-order chi connectivity index (χ1) is 10.9. The fraction of sp³-hybridized carbons (Fsp3) is 0.450. The maximum atomic E-state index is 4.09. The molecule has 0 radical (unpaired) electrons. The second kappa shape index (κ2) is 6.21. The van der Waals surface area contributed by atoms with E-state index in [0.717, 1.165) is 12.5 Å². The minimum absolute atomic E-state index is 0.667. The Hall–Kier alpha value is -1.67. The van der Waals surface area contributed by atoms with Crippen molar-refractivity contribution in [1.82, 2.24) is 9.88 Å². The van der Waals surface area contributed by atoms with Gasteiger partial charge in [0.15, 0.2) is 0 Å². The van der Waals surface area contributed by atoms with Crippen LogP contribution < -0.4 is 0 Å². The molecular formula is C20H24N2. The molecule has 0 spiro atoms. The van der Waals surface area contributed by atoms with Gasteiger partial charge in [0.25, 0.3) is 0 Å². The Morgan fingerprint density at radius 1 is 0.864 bits per heavy atom. The number of hydrogen-bond donors (Lipinski definition) is 0. The summed E-state index contributed by atoms with van der Waals surface area (Å²) < 4.78 is 0. The highest BCUT2D eigenvalue weighted by Gasteiger charge is 2.35. The van der Waals surface area contributed by atoms with Crippen LogP contribution >= 0.6 is 0 Å². The van der Waals surface area contributed by atoms with Crippen LogP contribution in [0.1, 0.15) is 54.8 Å². The number of aromatic nitrogens is 1. The summed E-state index contributed by atoms with van der Waals surface area (Å²) in [6, 6.07) is 15.1. The fourth-order valence-electron chi connectivity index (χ4n) is 4.21. The van der Waals surface area contributed by atoms with Crippen LogP contribution in [0.2, 0.25) is 0 Å². The van der Waals surface area contributed by atoms with E-state index in [1.807, 2.05) is 12.4 Å². The molecule has 0 amide bonds. The Labute approximate surface area is 133 Å². The molecule has 4 rings (SSSR count). The molecule has 0 unspecified atom stereocenters. The van der Waals surface area contributed by atoms with Crippen molar-refractivity contribution >= 4 is 0 Å². The van der Waals surface area contributed by atoms with Gasteiger partial charge in [-0.2, -0.15) is 0 Å². The molecule has 2 fully saturated rings. The number of fused-ring (bicyclic) bond motifs is 1. The van der Waals surface area contributed by atoms with Crippen molar-refractivity contribution in [3.63, 3.8) is 0 Å². The van der Waals surface area contributed by atoms with Gasteiger partial charge in [-0.3, -0.25) is 9.88 Å². The average molecular weight is 292 g/mol. The van der Waals surface area contributed by atoms with Gasteiger partial charge in [0.05, 0.1) is 0 Å². The van der Waals surface area contributed by atoms with Crippen molar-refractivity contribution in [2.24, 2.45) is 0 Å². The molecule has 2 aromatic rings. The Morgan fingerprint density at radius 2 is 1.64 bits per heavy atom. The first kappa shape index (κ1) is 14.0. The normalized spacial score (nSPS) is 25.1. The molecule has 114 valence electrons. The Balaban J connectivity index is 1.48. The van der Waals surface area contributed by atoms with E-state index >= 15 is 0 Å². The summed E-state index contributed by atoms with van der Waals surface area (Å²) in [5.74, 6) is 0. The van der Waals surface area contributed by atoms with E-state index in [1.165, 1.54) is 55.3 Å². The Kier molecular flexibility index (Phi) is 3.94. The molecular weight excluding hydrogens is 268 g/mol. The molecule has 0 bridgehead atoms. The van der Waals surface area contributed by atoms with Crippen LogP contribution in [-0.4, -0.2) is 22.5 Å². The molecule has 0 saturated carbocycles. The van der Waals surface area contributed by atoms with Crippen LogP contribution in [0.15, 0.2) is 48.8 Å². The highest BCUT2D eigenvalue weighted by atomic mass is 15.2. The molecule has 3 heterocycles. The zero-order chi connectivity index (χ0) is 14.8. The van der Waals surface area contributed by atoms with Gasteiger partial charge in [0, 0.05) is 24.5 Å². The van der Waals surface area contributed by atoms with Crippen molar-refractivity contribution in [3.05, 3.63) is 65.5 Å². The predicted molar refractivity (Wildman–Crippen MR) is 89.8 cm³/mol. The number of benzene rings is 1. The summed E-state index contributed by atoms with van der Waals surface area (Å²) in [5.41, 5.74) is 4.24. The number of piperidine rings is 1. The SMILES string of the molecule is c1cc(Cc2ccc([C@@H]3CC[C@H]4CCCCN43)cc2)ccn1. The van der Waals surface area contributed by atoms with Gasteiger partial charge >= 0.3 is 0 Å². The molecule has 2 nitrogen and oxygen atoms in total. The lowest BCUT2D eigenvalue weighted by atomic mass is 9.99. The second-order valence-corrected chi connectivity index (χ2v) is 6.75. The standard InChI is InChI=1S/C20H24N2/c1-2-14-22-19(3-1)8-9-20(22)18-6-4-16(5-7-18)15-17-10-12-21-13-11-17/h4-7,10-13,19-20H,1-3,8-9,14-15H2/t19-,20+/m1/s1. The van der Waals surface area contributed by atoms with E-state index in [4.69, 9.17) is 0 Å². The maximum absolute atomic E-state index is 4.09. The van der Waals surface area contributed by atoms with Gasteiger partial charge in [-0.1, -0.05) is 30.7 Å². The van der Waals surface area contributed by atoms with Gasteiger partial charge in [0.1, 0.15) is 0 Å². The fourth-order valence-corrected chi connectivity index (χ4v) is 4.21. The molecule has 2 saturated heterocycles. The summed E-state index contributed by atoms with van der Waals surface area (Å²) in [5, 5.41) is 0. The number of pyridine rings is 1. The minimum Gasteiger partial charge on any atom is -0.293 e. The topological polar surface area (TPSA) is 16.1 Å². The molecule has 0 N–H and O–H groups in total. The molecule has 1 aromatic carbocycles. The van der Waals surface area contributed by atoms with Crippen molar-refractivity contribution in [3.8, 4) is 0 Å². The van der Waals surface area contributed by atoms with Crippen LogP contribution in [0.25, 0.3) is 0 Å². The largest absolute Gasteiger partial charge is 0.293 e. The van der Waals surface area contributed by atoms with Crippen LogP contribution in [0.5, 0.6) is 0 Å². The predicted octanol–water partition coefficient (Wildman–Crippen LogP) is 4.36. The Morgan fingerprint density at radius 3 is 2.45 bits per heavy atom. The summed E-state index contributed by atoms with van der Waals surface area (Å²) in [7, 11) is 0. The summed E-state index contributed by atoms with van der Waals surface area (Å²) in [6.07, 6.45) is 11.7. The van der Waals surface area contributed by atoms with Gasteiger partial charge < -0.3 is 0 Å². The van der Waals surface area contributed by atoms with Gasteiger partial charge in [-0.25, -0.2) is 0 Å². The molecule has 2 atom stereocenters. The van der Waals surface area contributed by atoms with Crippen LogP contribution in [0.3, 0.4) is 0 Å². The third kappa shape index (κ3) is 2.80. The lowest BCUT2D eigenvalue weighted by Crippen LogP contribution is -2.35. The third-order valence-electron chi connectivity index (χ3n) is 5.37. The monoisotopic (exact) mass is 292 g/mol. The summed E-state index contributed by atoms with van der Waals surface area (Å²) in [6.45, 7) is 1.30. The van der Waals surface area contributed by atoms with Gasteiger partial charge in [0.2, 0.25) is 0 Å². The minimum atomic E-state index is 0.667. The highest BCUT2D eigenvalue weighted by molar-refractivity contribution is 5.30. The highest BCUT2D eigenvalue weighted by Crippen LogP contribution is 2.40. The molecule has 22 heavy (non-hydrogen) atoms. The first-order valence-electron chi connectivity index (χ1n) is 8.63. The zero-order valence-electron chi connectivity index (χ0n) is 13.1. The number of rotatable bonds is 3. The van der Waals surface area contributed by atoms with E-state index in [0.29, 0.717) is 6.04 Å². The van der Waals surface area contributed by atoms with Gasteiger partial charge in [-0.15, -0.1) is 0 Å². The number of hydrogen-bond acceptors (Lipinski definition) is 2. The van der Waals surface area contributed by atoms with E-state index in [9.17, 15) is 0 Å². The molecule has 2 heteroatoms. The van der Waals surface area contributed by atoms with Crippen LogP contribution in [0, 0.1) is 0 Å². The third-order valence-corrected chi connectivity index (χ3v) is 5.37. The van der Waals surface area contributed by atoms with Crippen molar-refractivity contribution in [2.45, 2.75) is 50.6 Å². The average Bonchev–Trinajstić information content (AvgIpc) is 3.01. The summed E-state index contributed by atoms with van der Waals surface area (Å²) in [4.78, 5) is 6.85. The van der Waals surface area contributed by atoms with Crippen molar-refractivity contribution in [1.29, 1.82) is 0 Å². The summed E-state index contributed by atoms with van der Waals surface area (Å²) >= 11 is 0. The second-order valence-electron chi connectivity index (χ2n) is 6.75. The molecule has 1 aromatic heterocycles. The smallest absolute Gasteiger partial charge is 0.0351 e. The van der Waals surface area contributed by atoms with E-state index in [1.54, 1.807) is 0 Å². The Bertz CT molecular complexity index is 605. The van der Waals surface area contributed by atoms with Crippen molar-refractivity contribution < 1.29 is 0 Å². The van der Waals surface area contributed by atoms with E-state index < -0.39 is 0 Å². The molecule has 2 aliphatic rings. The van der Waals surface area contributed by atoms with E-state index in [2.05, 4.69) is 46.3 Å². The van der Waals surface area contributed by atoms with Crippen LogP contribution in [-0.2, 0) is 6.42 Å². The maximum Gasteiger partial charge on any atom is 0.0351 e. The zero-order valence-corrected chi connectivity index (χ0v) is 13.1. The van der Waals surface area contributed by atoms with Crippen LogP contribution in [0.4, 0.5) is 0 Å². The van der Waals surface area contributed by atoms with E-state index in [-0.39, 0.29) is 0 Å². The lowest BCUT2D eigenvalue weighted by molar-refractivity contribution is 0.150. The lowest BCUT2D eigenvalue weighted by Gasteiger charge is -2.34. The first-order valence-corrected chi connectivity index (χ1v) is 8.63.